The number of halogens is 3. The Morgan fingerprint density at radius 2 is 2.03 bits per heavy atom. The van der Waals surface area contributed by atoms with Crippen LogP contribution in [0.4, 0.5) is 13.2 Å². The van der Waals surface area contributed by atoms with Crippen molar-refractivity contribution in [2.24, 2.45) is 0 Å². The van der Waals surface area contributed by atoms with Crippen LogP contribution in [-0.4, -0.2) is 45.9 Å². The van der Waals surface area contributed by atoms with Crippen molar-refractivity contribution in [2.75, 3.05) is 19.8 Å². The third kappa shape index (κ3) is 5.11. The van der Waals surface area contributed by atoms with Gasteiger partial charge in [0.05, 0.1) is 18.0 Å². The minimum Gasteiger partial charge on any atom is -0.434 e. The summed E-state index contributed by atoms with van der Waals surface area (Å²) < 4.78 is 59.1. The lowest BCUT2D eigenvalue weighted by Gasteiger charge is -2.28. The highest BCUT2D eigenvalue weighted by Gasteiger charge is 2.35. The first-order chi connectivity index (χ1) is 18.4. The molecule has 0 saturated heterocycles. The van der Waals surface area contributed by atoms with Gasteiger partial charge in [-0.1, -0.05) is 31.2 Å². The average Bonchev–Trinajstić information content (AvgIpc) is 3.28. The van der Waals surface area contributed by atoms with Gasteiger partial charge in [0.2, 0.25) is 0 Å². The molecule has 5 rings (SSSR count). The average molecular weight is 528 g/mol. The van der Waals surface area contributed by atoms with Gasteiger partial charge in [0.15, 0.2) is 0 Å². The molecule has 200 valence electrons. The van der Waals surface area contributed by atoms with E-state index in [9.17, 15) is 13.9 Å². The van der Waals surface area contributed by atoms with Gasteiger partial charge < -0.3 is 19.3 Å². The zero-order valence-corrected chi connectivity index (χ0v) is 21.0. The minimum absolute atomic E-state index is 0.0506. The van der Waals surface area contributed by atoms with Gasteiger partial charge in [0.1, 0.15) is 29.4 Å². The highest BCUT2D eigenvalue weighted by molar-refractivity contribution is 5.66. The van der Waals surface area contributed by atoms with Crippen LogP contribution in [0.25, 0.3) is 16.8 Å². The molecule has 0 radical (unpaired) electrons. The largest absolute Gasteiger partial charge is 0.434 e. The fourth-order valence-corrected chi connectivity index (χ4v) is 4.71. The predicted octanol–water partition coefficient (Wildman–Crippen LogP) is 5.82. The number of para-hydroxylation sites is 1. The van der Waals surface area contributed by atoms with Crippen LogP contribution in [0.1, 0.15) is 61.0 Å². The molecule has 7 nitrogen and oxygen atoms in total. The quantitative estimate of drug-likeness (QED) is 0.277. The van der Waals surface area contributed by atoms with E-state index in [2.05, 4.69) is 16.9 Å². The van der Waals surface area contributed by atoms with Crippen LogP contribution in [0.2, 0.25) is 0 Å². The maximum absolute atomic E-state index is 15.3. The number of pyridine rings is 2. The Labute approximate surface area is 217 Å². The number of rotatable bonds is 9. The van der Waals surface area contributed by atoms with Gasteiger partial charge >= 0.3 is 6.61 Å². The summed E-state index contributed by atoms with van der Waals surface area (Å²) in [6, 6.07) is 11.2. The SMILES string of the molecule is CCOCCC(C)c1ccc(-c2cn3c4c(nc3cc2F)[C@H](O)CO[C@H]4c2ccccc2OC(F)F)cn1. The van der Waals surface area contributed by atoms with Crippen molar-refractivity contribution in [3.05, 3.63) is 83.3 Å². The van der Waals surface area contributed by atoms with Crippen molar-refractivity contribution in [3.8, 4) is 16.9 Å². The van der Waals surface area contributed by atoms with Crippen LogP contribution in [-0.2, 0) is 9.47 Å². The Kier molecular flexibility index (Phi) is 7.64. The summed E-state index contributed by atoms with van der Waals surface area (Å²) in [5, 5.41) is 10.6. The van der Waals surface area contributed by atoms with Gasteiger partial charge in [-0.05, 0) is 25.5 Å². The molecule has 0 amide bonds. The minimum atomic E-state index is -3.02. The number of aromatic nitrogens is 3. The second-order valence-electron chi connectivity index (χ2n) is 9.15. The topological polar surface area (TPSA) is 78.1 Å². The first kappa shape index (κ1) is 26.1. The summed E-state index contributed by atoms with van der Waals surface area (Å²) >= 11 is 0. The molecule has 0 fully saturated rings. The second kappa shape index (κ2) is 11.1. The van der Waals surface area contributed by atoms with Gasteiger partial charge in [0.25, 0.3) is 0 Å². The highest BCUT2D eigenvalue weighted by Crippen LogP contribution is 2.41. The first-order valence-electron chi connectivity index (χ1n) is 12.5. The Bertz CT molecular complexity index is 1410. The van der Waals surface area contributed by atoms with Crippen LogP contribution < -0.4 is 4.74 Å². The number of fused-ring (bicyclic) bond motifs is 3. The molecule has 3 aromatic heterocycles. The molecule has 4 aromatic rings. The van der Waals surface area contributed by atoms with E-state index >= 15 is 4.39 Å². The van der Waals surface area contributed by atoms with Crippen molar-refractivity contribution in [2.45, 2.75) is 45.0 Å². The van der Waals surface area contributed by atoms with E-state index in [1.807, 2.05) is 19.1 Å². The van der Waals surface area contributed by atoms with Crippen molar-refractivity contribution in [1.29, 1.82) is 0 Å². The molecular weight excluding hydrogens is 499 g/mol. The normalized spacial score (nSPS) is 18.1. The summed E-state index contributed by atoms with van der Waals surface area (Å²) in [5.74, 6) is -0.379. The van der Waals surface area contributed by atoms with E-state index in [-0.39, 0.29) is 29.5 Å². The molecule has 4 heterocycles. The van der Waals surface area contributed by atoms with Crippen molar-refractivity contribution >= 4 is 5.65 Å². The molecule has 0 saturated carbocycles. The number of ether oxygens (including phenoxy) is 3. The van der Waals surface area contributed by atoms with Crippen LogP contribution in [0.5, 0.6) is 5.75 Å². The molecule has 0 spiro atoms. The molecule has 0 aliphatic carbocycles. The maximum atomic E-state index is 15.3. The lowest BCUT2D eigenvalue weighted by molar-refractivity contribution is -0.0548. The van der Waals surface area contributed by atoms with Gasteiger partial charge in [-0.2, -0.15) is 8.78 Å². The molecule has 38 heavy (non-hydrogen) atoms. The number of imidazole rings is 1. The van der Waals surface area contributed by atoms with E-state index in [1.165, 1.54) is 12.1 Å². The number of aliphatic hydroxyl groups is 1. The Morgan fingerprint density at radius 3 is 2.76 bits per heavy atom. The molecule has 1 unspecified atom stereocenters. The zero-order valence-electron chi connectivity index (χ0n) is 21.0. The number of alkyl halides is 2. The number of aliphatic hydroxyl groups excluding tert-OH is 1. The third-order valence-electron chi connectivity index (χ3n) is 6.68. The van der Waals surface area contributed by atoms with E-state index in [4.69, 9.17) is 14.2 Å². The standard InChI is InChI=1S/C28H28F3N3O4/c1-3-36-11-10-16(2)21-9-8-17(13-32-21)19-14-34-24(12-20(19)29)33-25-22(35)15-37-27(26(25)34)18-6-4-5-7-23(18)38-28(30)31/h4-9,12-14,16,22,27-28,35H,3,10-11,15H2,1-2H3/t16?,22-,27+/m1/s1. The van der Waals surface area contributed by atoms with Gasteiger partial charge in [-0.3, -0.25) is 9.38 Å². The summed E-state index contributed by atoms with van der Waals surface area (Å²) in [5.41, 5.74) is 3.02. The van der Waals surface area contributed by atoms with Crippen LogP contribution in [0, 0.1) is 5.82 Å². The number of nitrogens with zero attached hydrogens (tertiary/aromatic N) is 3. The summed E-state index contributed by atoms with van der Waals surface area (Å²) in [7, 11) is 0. The van der Waals surface area contributed by atoms with Crippen molar-refractivity contribution in [3.63, 3.8) is 0 Å². The monoisotopic (exact) mass is 527 g/mol. The van der Waals surface area contributed by atoms with Crippen LogP contribution in [0.15, 0.2) is 54.9 Å². The molecule has 1 aliphatic rings. The van der Waals surface area contributed by atoms with Gasteiger partial charge in [0, 0.05) is 60.0 Å². The Morgan fingerprint density at radius 1 is 1.21 bits per heavy atom. The molecule has 0 bridgehead atoms. The summed E-state index contributed by atoms with van der Waals surface area (Å²) in [6.07, 6.45) is 2.08. The lowest BCUT2D eigenvalue weighted by atomic mass is 9.99. The predicted molar refractivity (Wildman–Crippen MR) is 134 cm³/mol. The molecular formula is C28H28F3N3O4. The van der Waals surface area contributed by atoms with Gasteiger partial charge in [-0.15, -0.1) is 0 Å². The fraction of sp³-hybridized carbons (Fsp3) is 0.357. The fourth-order valence-electron chi connectivity index (χ4n) is 4.71. The lowest BCUT2D eigenvalue weighted by Crippen LogP contribution is -2.23. The smallest absolute Gasteiger partial charge is 0.387 e. The van der Waals surface area contributed by atoms with Crippen molar-refractivity contribution in [1.82, 2.24) is 14.4 Å². The number of hydrogen-bond donors (Lipinski definition) is 1. The van der Waals surface area contributed by atoms with Crippen LogP contribution in [0.3, 0.4) is 0 Å². The number of benzene rings is 1. The van der Waals surface area contributed by atoms with E-state index in [0.717, 1.165) is 12.1 Å². The van der Waals surface area contributed by atoms with E-state index in [1.54, 1.807) is 35.0 Å². The first-order valence-corrected chi connectivity index (χ1v) is 12.5. The molecule has 1 N–H and O–H groups in total. The van der Waals surface area contributed by atoms with Gasteiger partial charge in [-0.25, -0.2) is 9.37 Å². The molecule has 1 aromatic carbocycles. The van der Waals surface area contributed by atoms with Crippen molar-refractivity contribution < 1.29 is 32.5 Å². The number of hydrogen-bond acceptors (Lipinski definition) is 6. The van der Waals surface area contributed by atoms with E-state index < -0.39 is 24.6 Å². The molecule has 3 atom stereocenters. The molecule has 1 aliphatic heterocycles. The summed E-state index contributed by atoms with van der Waals surface area (Å²) in [4.78, 5) is 8.99. The van der Waals surface area contributed by atoms with E-state index in [0.29, 0.717) is 35.7 Å². The third-order valence-corrected chi connectivity index (χ3v) is 6.68. The Balaban J connectivity index is 1.55. The molecule has 10 heteroatoms. The highest BCUT2D eigenvalue weighted by atomic mass is 19.3. The summed E-state index contributed by atoms with van der Waals surface area (Å²) in [6.45, 7) is 2.18. The second-order valence-corrected chi connectivity index (χ2v) is 9.15. The maximum Gasteiger partial charge on any atom is 0.387 e. The van der Waals surface area contributed by atoms with Crippen LogP contribution >= 0.6 is 0 Å². The zero-order chi connectivity index (χ0) is 26.8. The Hall–Kier alpha value is -3.47.